The van der Waals surface area contributed by atoms with Gasteiger partial charge in [-0.3, -0.25) is 0 Å². The number of rotatable bonds is 3. The van der Waals surface area contributed by atoms with Crippen LogP contribution in [0.2, 0.25) is 0 Å². The van der Waals surface area contributed by atoms with Crippen LogP contribution in [-0.4, -0.2) is 26.6 Å². The Labute approximate surface area is 111 Å². The Balaban J connectivity index is 2.33. The molecule has 0 amide bonds. The fraction of sp³-hybridized carbons (Fsp3) is 0.143. The Kier molecular flexibility index (Phi) is 4.15. The maximum atomic E-state index is 3.75. The van der Waals surface area contributed by atoms with Gasteiger partial charge in [-0.2, -0.15) is 0 Å². The van der Waals surface area contributed by atoms with E-state index < -0.39 is 8.31 Å². The molecule has 82 valence electrons. The van der Waals surface area contributed by atoms with Gasteiger partial charge in [0.2, 0.25) is 0 Å². The lowest BCUT2D eigenvalue weighted by molar-refractivity contribution is 1.48. The molecule has 0 nitrogen and oxygen atoms in total. The smallest absolute Gasteiger partial charge is 0.0629 e. The molecule has 0 N–H and O–H groups in total. The largest absolute Gasteiger partial charge is 0.102 e. The predicted molar refractivity (Wildman–Crippen MR) is 78.9 cm³/mol. The van der Waals surface area contributed by atoms with E-state index >= 15 is 0 Å². The SMILES string of the molecule is Cc1ccc([Si]([Si][Si])c2ccc(C)cc2)cc1. The van der Waals surface area contributed by atoms with Crippen LogP contribution < -0.4 is 10.4 Å². The summed E-state index contributed by atoms with van der Waals surface area (Å²) in [5.74, 6) is 0. The lowest BCUT2D eigenvalue weighted by Crippen LogP contribution is -2.47. The highest BCUT2D eigenvalue weighted by molar-refractivity contribution is 7.39. The molecule has 0 aliphatic rings. The molecule has 17 heavy (non-hydrogen) atoms. The Morgan fingerprint density at radius 3 is 1.41 bits per heavy atom. The molecular formula is C14H14Si3. The van der Waals surface area contributed by atoms with Crippen LogP contribution in [0.15, 0.2) is 48.5 Å². The normalized spacial score (nSPS) is 10.8. The summed E-state index contributed by atoms with van der Waals surface area (Å²) in [6.45, 7) is 4.27. The van der Waals surface area contributed by atoms with Crippen molar-refractivity contribution in [3.8, 4) is 0 Å². The van der Waals surface area contributed by atoms with Crippen LogP contribution in [0.5, 0.6) is 0 Å². The van der Waals surface area contributed by atoms with Gasteiger partial charge in [0.25, 0.3) is 0 Å². The third-order valence-electron chi connectivity index (χ3n) is 2.81. The summed E-state index contributed by atoms with van der Waals surface area (Å²) >= 11 is 0. The summed E-state index contributed by atoms with van der Waals surface area (Å²) in [7, 11) is 3.92. The molecule has 2 rings (SSSR count). The van der Waals surface area contributed by atoms with E-state index in [-0.39, 0.29) is 0 Å². The number of aryl methyl sites for hydroxylation is 2. The summed E-state index contributed by atoms with van der Waals surface area (Å²) in [4.78, 5) is 0. The van der Waals surface area contributed by atoms with Crippen molar-refractivity contribution in [1.29, 1.82) is 0 Å². The lowest BCUT2D eigenvalue weighted by Gasteiger charge is -2.14. The first-order valence-electron chi connectivity index (χ1n) is 5.64. The van der Waals surface area contributed by atoms with Crippen molar-refractivity contribution in [2.45, 2.75) is 13.8 Å². The van der Waals surface area contributed by atoms with Crippen molar-refractivity contribution in [1.82, 2.24) is 0 Å². The van der Waals surface area contributed by atoms with E-state index in [1.807, 2.05) is 0 Å². The standard InChI is InChI=1S/C14H14Si3/c1-11-3-7-13(8-4-11)17(16-15)14-9-5-12(2)6-10-14/h3-10H,1-2H3. The predicted octanol–water partition coefficient (Wildman–Crippen LogP) is 1.20. The van der Waals surface area contributed by atoms with E-state index in [1.165, 1.54) is 21.5 Å². The van der Waals surface area contributed by atoms with Crippen molar-refractivity contribution in [3.05, 3.63) is 59.7 Å². The number of hydrogen-bond acceptors (Lipinski definition) is 0. The van der Waals surface area contributed by atoms with E-state index in [0.717, 1.165) is 8.55 Å². The molecule has 2 aromatic rings. The lowest BCUT2D eigenvalue weighted by atomic mass is 10.2. The van der Waals surface area contributed by atoms with Crippen LogP contribution in [-0.2, 0) is 0 Å². The van der Waals surface area contributed by atoms with Crippen molar-refractivity contribution >= 4 is 37.0 Å². The van der Waals surface area contributed by atoms with Gasteiger partial charge in [0.1, 0.15) is 8.31 Å². The topological polar surface area (TPSA) is 0 Å². The Bertz CT molecular complexity index is 428. The number of hydrogen-bond donors (Lipinski definition) is 0. The molecule has 0 fully saturated rings. The quantitative estimate of drug-likeness (QED) is 0.732. The highest BCUT2D eigenvalue weighted by Gasteiger charge is 2.14. The molecular weight excluding hydrogens is 252 g/mol. The van der Waals surface area contributed by atoms with Gasteiger partial charge < -0.3 is 0 Å². The van der Waals surface area contributed by atoms with Gasteiger partial charge in [0.05, 0.1) is 0 Å². The van der Waals surface area contributed by atoms with Crippen LogP contribution in [0.25, 0.3) is 0 Å². The van der Waals surface area contributed by atoms with Crippen LogP contribution in [0.4, 0.5) is 0 Å². The van der Waals surface area contributed by atoms with Crippen LogP contribution in [0, 0.1) is 13.8 Å². The van der Waals surface area contributed by atoms with Crippen LogP contribution >= 0.6 is 0 Å². The first-order valence-corrected chi connectivity index (χ1v) is 10.6. The van der Waals surface area contributed by atoms with Gasteiger partial charge in [-0.1, -0.05) is 70.0 Å². The van der Waals surface area contributed by atoms with Crippen molar-refractivity contribution in [2.75, 3.05) is 0 Å². The van der Waals surface area contributed by atoms with Crippen LogP contribution in [0.1, 0.15) is 11.1 Å². The monoisotopic (exact) mass is 266 g/mol. The summed E-state index contributed by atoms with van der Waals surface area (Å²) < 4.78 is 0. The molecule has 0 aliphatic heterocycles. The highest BCUT2D eigenvalue weighted by atomic mass is 29.5. The first kappa shape index (κ1) is 12.5. The summed E-state index contributed by atoms with van der Waals surface area (Å²) in [5.41, 5.74) is 2.66. The molecule has 0 atom stereocenters. The van der Waals surface area contributed by atoms with E-state index in [9.17, 15) is 0 Å². The average Bonchev–Trinajstić information content (AvgIpc) is 2.35. The van der Waals surface area contributed by atoms with E-state index in [4.69, 9.17) is 0 Å². The van der Waals surface area contributed by atoms with Gasteiger partial charge in [-0.05, 0) is 13.8 Å². The molecule has 0 bridgehead atoms. The maximum Gasteiger partial charge on any atom is 0.102 e. The summed E-state index contributed by atoms with van der Waals surface area (Å²) in [6, 6.07) is 17.9. The van der Waals surface area contributed by atoms with Gasteiger partial charge in [0.15, 0.2) is 0 Å². The molecule has 0 aliphatic carbocycles. The second-order valence-corrected chi connectivity index (χ2v) is 10.9. The molecule has 3 heteroatoms. The average molecular weight is 267 g/mol. The second kappa shape index (κ2) is 5.62. The molecule has 0 unspecified atom stereocenters. The van der Waals surface area contributed by atoms with E-state index in [2.05, 4.69) is 72.1 Å². The molecule has 0 saturated carbocycles. The van der Waals surface area contributed by atoms with Gasteiger partial charge in [-0.15, -0.1) is 0 Å². The van der Waals surface area contributed by atoms with Crippen molar-refractivity contribution < 1.29 is 0 Å². The van der Waals surface area contributed by atoms with Gasteiger partial charge in [-0.25, -0.2) is 0 Å². The minimum Gasteiger partial charge on any atom is -0.0629 e. The Morgan fingerprint density at radius 1 is 0.765 bits per heavy atom. The summed E-state index contributed by atoms with van der Waals surface area (Å²) in [5, 5.41) is 2.97. The zero-order valence-corrected chi connectivity index (χ0v) is 13.1. The zero-order valence-electron chi connectivity index (χ0n) is 10.1. The molecule has 0 aromatic heterocycles. The minimum atomic E-state index is -0.631. The fourth-order valence-corrected chi connectivity index (χ4v) is 7.84. The van der Waals surface area contributed by atoms with E-state index in [0.29, 0.717) is 0 Å². The van der Waals surface area contributed by atoms with Crippen molar-refractivity contribution in [3.63, 3.8) is 0 Å². The maximum absolute atomic E-state index is 3.75. The van der Waals surface area contributed by atoms with Crippen LogP contribution in [0.3, 0.4) is 0 Å². The molecule has 0 spiro atoms. The fourth-order valence-electron chi connectivity index (χ4n) is 1.75. The third-order valence-corrected chi connectivity index (χ3v) is 9.61. The van der Waals surface area contributed by atoms with E-state index in [1.54, 1.807) is 0 Å². The second-order valence-electron chi connectivity index (χ2n) is 4.23. The molecule has 0 heterocycles. The third kappa shape index (κ3) is 3.06. The number of benzene rings is 2. The summed E-state index contributed by atoms with van der Waals surface area (Å²) in [6.07, 6.45) is 0. The minimum absolute atomic E-state index is 0.631. The van der Waals surface area contributed by atoms with Gasteiger partial charge in [0, 0.05) is 18.3 Å². The Hall–Kier alpha value is -0.909. The molecule has 0 saturated heterocycles. The van der Waals surface area contributed by atoms with Crippen molar-refractivity contribution in [2.24, 2.45) is 0 Å². The Morgan fingerprint density at radius 2 is 1.12 bits per heavy atom. The molecule has 2 aromatic carbocycles. The highest BCUT2D eigenvalue weighted by Crippen LogP contribution is 1.98. The molecule has 6 radical (unpaired) electrons. The zero-order chi connectivity index (χ0) is 12.3. The van der Waals surface area contributed by atoms with Gasteiger partial charge >= 0.3 is 0 Å². The first-order chi connectivity index (χ1) is 8.20.